The predicted molar refractivity (Wildman–Crippen MR) is 131 cm³/mol. The number of nitrogens with one attached hydrogen (secondary N) is 1. The molecule has 0 bridgehead atoms. The van der Waals surface area contributed by atoms with Crippen LogP contribution in [0.25, 0.3) is 0 Å². The van der Waals surface area contributed by atoms with E-state index in [-0.39, 0.29) is 23.8 Å². The molecule has 0 radical (unpaired) electrons. The Morgan fingerprint density at radius 2 is 1.85 bits per heavy atom. The van der Waals surface area contributed by atoms with Gasteiger partial charge >= 0.3 is 5.97 Å². The lowest BCUT2D eigenvalue weighted by Gasteiger charge is -2.20. The summed E-state index contributed by atoms with van der Waals surface area (Å²) >= 11 is 0. The van der Waals surface area contributed by atoms with Crippen molar-refractivity contribution in [3.63, 3.8) is 0 Å². The summed E-state index contributed by atoms with van der Waals surface area (Å²) < 4.78 is 11.3. The van der Waals surface area contributed by atoms with Crippen molar-refractivity contribution in [3.05, 3.63) is 78.0 Å². The van der Waals surface area contributed by atoms with Crippen LogP contribution in [0.3, 0.4) is 0 Å². The molecule has 3 aromatic rings. The van der Waals surface area contributed by atoms with Crippen LogP contribution < -0.4 is 14.8 Å². The minimum absolute atomic E-state index is 0.0707. The summed E-state index contributed by atoms with van der Waals surface area (Å²) in [5, 5.41) is 12.1. The molecular weight excluding hydrogens is 432 g/mol. The van der Waals surface area contributed by atoms with E-state index in [0.29, 0.717) is 23.1 Å². The highest BCUT2D eigenvalue weighted by Crippen LogP contribution is 2.35. The second-order valence-electron chi connectivity index (χ2n) is 7.98. The molecule has 1 aromatic heterocycles. The molecule has 1 amide bonds. The Morgan fingerprint density at radius 1 is 1.06 bits per heavy atom. The van der Waals surface area contributed by atoms with Crippen molar-refractivity contribution in [2.75, 3.05) is 12.4 Å². The SMILES string of the molecule is CCCCCC(CC(=O)Nc1cc(C(=O)O)ccc1OC)c1cccnc1Oc1ccccc1. The van der Waals surface area contributed by atoms with Gasteiger partial charge in [-0.1, -0.05) is 50.5 Å². The third-order valence-electron chi connectivity index (χ3n) is 5.51. The number of benzene rings is 2. The molecule has 0 saturated heterocycles. The molecule has 0 saturated carbocycles. The van der Waals surface area contributed by atoms with E-state index < -0.39 is 5.97 Å². The molecule has 2 N–H and O–H groups in total. The third kappa shape index (κ3) is 6.81. The number of methoxy groups -OCH3 is 1. The van der Waals surface area contributed by atoms with Gasteiger partial charge in [-0.2, -0.15) is 0 Å². The zero-order valence-corrected chi connectivity index (χ0v) is 19.5. The first-order valence-corrected chi connectivity index (χ1v) is 11.4. The average Bonchev–Trinajstić information content (AvgIpc) is 2.84. The quantitative estimate of drug-likeness (QED) is 0.308. The molecule has 0 aliphatic rings. The minimum Gasteiger partial charge on any atom is -0.495 e. The van der Waals surface area contributed by atoms with Crippen molar-refractivity contribution in [2.45, 2.75) is 44.9 Å². The number of aromatic carboxylic acids is 1. The van der Waals surface area contributed by atoms with Gasteiger partial charge in [0.25, 0.3) is 0 Å². The molecule has 2 aromatic carbocycles. The number of carbonyl (C=O) groups is 2. The monoisotopic (exact) mass is 462 g/mol. The minimum atomic E-state index is -1.08. The van der Waals surface area contributed by atoms with Crippen LogP contribution in [0, 0.1) is 0 Å². The van der Waals surface area contributed by atoms with Crippen molar-refractivity contribution < 1.29 is 24.2 Å². The summed E-state index contributed by atoms with van der Waals surface area (Å²) in [5.74, 6) is 0.122. The number of ether oxygens (including phenoxy) is 2. The van der Waals surface area contributed by atoms with Crippen LogP contribution in [-0.4, -0.2) is 29.1 Å². The van der Waals surface area contributed by atoms with Gasteiger partial charge in [0.15, 0.2) is 0 Å². The second kappa shape index (κ2) is 12.4. The highest BCUT2D eigenvalue weighted by molar-refractivity contribution is 5.95. The van der Waals surface area contributed by atoms with Crippen LogP contribution in [0.2, 0.25) is 0 Å². The highest BCUT2D eigenvalue weighted by atomic mass is 16.5. The summed E-state index contributed by atoms with van der Waals surface area (Å²) in [6.07, 6.45) is 5.75. The normalized spacial score (nSPS) is 11.5. The van der Waals surface area contributed by atoms with E-state index in [2.05, 4.69) is 17.2 Å². The Bertz CT molecular complexity index is 1100. The number of amides is 1. The van der Waals surface area contributed by atoms with Crippen LogP contribution in [0.1, 0.15) is 60.9 Å². The number of unbranched alkanes of at least 4 members (excludes halogenated alkanes) is 2. The Labute approximate surface area is 199 Å². The lowest BCUT2D eigenvalue weighted by molar-refractivity contribution is -0.116. The van der Waals surface area contributed by atoms with Crippen LogP contribution in [-0.2, 0) is 4.79 Å². The number of rotatable bonds is 12. The fourth-order valence-corrected chi connectivity index (χ4v) is 3.77. The molecule has 0 spiro atoms. The fraction of sp³-hybridized carbons (Fsp3) is 0.296. The molecule has 1 unspecified atom stereocenters. The number of aromatic nitrogens is 1. The van der Waals surface area contributed by atoms with E-state index in [1.165, 1.54) is 25.3 Å². The molecule has 34 heavy (non-hydrogen) atoms. The Hall–Kier alpha value is -3.87. The van der Waals surface area contributed by atoms with Gasteiger partial charge in [-0.15, -0.1) is 0 Å². The maximum Gasteiger partial charge on any atom is 0.335 e. The van der Waals surface area contributed by atoms with Gasteiger partial charge < -0.3 is 19.9 Å². The largest absolute Gasteiger partial charge is 0.495 e. The van der Waals surface area contributed by atoms with Gasteiger partial charge in [-0.25, -0.2) is 9.78 Å². The van der Waals surface area contributed by atoms with Crippen molar-refractivity contribution in [1.82, 2.24) is 4.98 Å². The average molecular weight is 463 g/mol. The maximum absolute atomic E-state index is 13.1. The molecule has 1 heterocycles. The molecular formula is C27H30N2O5. The van der Waals surface area contributed by atoms with Crippen molar-refractivity contribution in [1.29, 1.82) is 0 Å². The number of nitrogens with zero attached hydrogens (tertiary/aromatic N) is 1. The van der Waals surface area contributed by atoms with E-state index in [1.807, 2.05) is 42.5 Å². The van der Waals surface area contributed by atoms with Crippen LogP contribution >= 0.6 is 0 Å². The molecule has 7 nitrogen and oxygen atoms in total. The fourth-order valence-electron chi connectivity index (χ4n) is 3.77. The standard InChI is InChI=1S/C27H30N2O5/c1-3-4-6-10-19(22-13-9-16-28-26(22)34-21-11-7-5-8-12-21)18-25(30)29-23-17-20(27(31)32)14-15-24(23)33-2/h5,7-9,11-17,19H,3-4,6,10,18H2,1-2H3,(H,29,30)(H,31,32). The van der Waals surface area contributed by atoms with Gasteiger partial charge in [-0.05, 0) is 48.7 Å². The van der Waals surface area contributed by atoms with E-state index in [4.69, 9.17) is 9.47 Å². The Balaban J connectivity index is 1.83. The third-order valence-corrected chi connectivity index (χ3v) is 5.51. The van der Waals surface area contributed by atoms with Crippen molar-refractivity contribution in [2.24, 2.45) is 0 Å². The van der Waals surface area contributed by atoms with Crippen molar-refractivity contribution >= 4 is 17.6 Å². The second-order valence-corrected chi connectivity index (χ2v) is 7.98. The molecule has 3 rings (SSSR count). The first kappa shape index (κ1) is 24.8. The zero-order chi connectivity index (χ0) is 24.3. The lowest BCUT2D eigenvalue weighted by atomic mass is 9.90. The zero-order valence-electron chi connectivity index (χ0n) is 19.5. The number of anilines is 1. The van der Waals surface area contributed by atoms with Crippen molar-refractivity contribution in [3.8, 4) is 17.4 Å². The van der Waals surface area contributed by atoms with Crippen LogP contribution in [0.4, 0.5) is 5.69 Å². The van der Waals surface area contributed by atoms with Gasteiger partial charge in [0.1, 0.15) is 11.5 Å². The number of hydrogen-bond donors (Lipinski definition) is 2. The first-order chi connectivity index (χ1) is 16.5. The summed E-state index contributed by atoms with van der Waals surface area (Å²) in [5.41, 5.74) is 1.26. The van der Waals surface area contributed by atoms with Gasteiger partial charge in [0.05, 0.1) is 18.4 Å². The van der Waals surface area contributed by atoms with E-state index >= 15 is 0 Å². The number of carboxylic acid groups (broad SMARTS) is 1. The first-order valence-electron chi connectivity index (χ1n) is 11.4. The Kier molecular flexibility index (Phi) is 9.03. The van der Waals surface area contributed by atoms with E-state index in [0.717, 1.165) is 31.2 Å². The summed E-state index contributed by atoms with van der Waals surface area (Å²) in [6.45, 7) is 2.14. The molecule has 0 fully saturated rings. The molecule has 7 heteroatoms. The molecule has 0 aliphatic heterocycles. The molecule has 1 atom stereocenters. The van der Waals surface area contributed by atoms with Crippen LogP contribution in [0.15, 0.2) is 66.9 Å². The predicted octanol–water partition coefficient (Wildman–Crippen LogP) is 6.27. The van der Waals surface area contributed by atoms with E-state index in [9.17, 15) is 14.7 Å². The number of para-hydroxylation sites is 1. The lowest BCUT2D eigenvalue weighted by Crippen LogP contribution is -2.17. The number of carbonyl (C=O) groups excluding carboxylic acids is 1. The number of pyridine rings is 1. The summed E-state index contributed by atoms with van der Waals surface area (Å²) in [6, 6.07) is 17.6. The summed E-state index contributed by atoms with van der Waals surface area (Å²) in [4.78, 5) is 28.9. The van der Waals surface area contributed by atoms with Crippen LogP contribution in [0.5, 0.6) is 17.4 Å². The topological polar surface area (TPSA) is 97.8 Å². The summed E-state index contributed by atoms with van der Waals surface area (Å²) in [7, 11) is 1.47. The number of carboxylic acids is 1. The van der Waals surface area contributed by atoms with E-state index in [1.54, 1.807) is 6.20 Å². The van der Waals surface area contributed by atoms with Gasteiger partial charge in [0.2, 0.25) is 11.8 Å². The maximum atomic E-state index is 13.1. The Morgan fingerprint density at radius 3 is 2.56 bits per heavy atom. The molecule has 178 valence electrons. The number of hydrogen-bond acceptors (Lipinski definition) is 5. The van der Waals surface area contributed by atoms with Gasteiger partial charge in [0, 0.05) is 18.2 Å². The van der Waals surface area contributed by atoms with Gasteiger partial charge in [-0.3, -0.25) is 4.79 Å². The highest BCUT2D eigenvalue weighted by Gasteiger charge is 2.22. The molecule has 0 aliphatic carbocycles. The smallest absolute Gasteiger partial charge is 0.335 e.